The van der Waals surface area contributed by atoms with E-state index in [1.807, 2.05) is 0 Å². The Balaban J connectivity index is 2.37. The van der Waals surface area contributed by atoms with E-state index < -0.39 is 24.0 Å². The number of amides is 2. The lowest BCUT2D eigenvalue weighted by atomic mass is 10.1. The van der Waals surface area contributed by atoms with E-state index in [1.54, 1.807) is 5.01 Å². The van der Waals surface area contributed by atoms with Gasteiger partial charge in [0, 0.05) is 19.5 Å². The van der Waals surface area contributed by atoms with E-state index in [9.17, 15) is 14.4 Å². The highest BCUT2D eigenvalue weighted by atomic mass is 16.5. The van der Waals surface area contributed by atoms with Gasteiger partial charge in [-0.1, -0.05) is 0 Å². The van der Waals surface area contributed by atoms with Crippen molar-refractivity contribution in [1.82, 2.24) is 15.8 Å². The van der Waals surface area contributed by atoms with Crippen LogP contribution in [-0.4, -0.2) is 67.5 Å². The summed E-state index contributed by atoms with van der Waals surface area (Å²) in [7, 11) is 1.22. The first kappa shape index (κ1) is 16.2. The van der Waals surface area contributed by atoms with Crippen LogP contribution in [0, 0.1) is 0 Å². The van der Waals surface area contributed by atoms with Crippen molar-refractivity contribution < 1.29 is 29.0 Å². The molecule has 0 aromatic heterocycles. The third-order valence-corrected chi connectivity index (χ3v) is 2.74. The first-order valence-corrected chi connectivity index (χ1v) is 6.22. The highest BCUT2D eigenvalue weighted by molar-refractivity contribution is 5.82. The minimum absolute atomic E-state index is 0.0292. The van der Waals surface area contributed by atoms with E-state index in [4.69, 9.17) is 9.84 Å². The van der Waals surface area contributed by atoms with E-state index in [-0.39, 0.29) is 12.8 Å². The minimum Gasteiger partial charge on any atom is -0.480 e. The second-order valence-electron chi connectivity index (χ2n) is 4.19. The van der Waals surface area contributed by atoms with E-state index in [0.29, 0.717) is 26.3 Å². The Morgan fingerprint density at radius 2 is 2.00 bits per heavy atom. The molecule has 1 atom stereocenters. The van der Waals surface area contributed by atoms with Crippen molar-refractivity contribution in [3.8, 4) is 0 Å². The molecule has 0 aromatic carbocycles. The lowest BCUT2D eigenvalue weighted by Gasteiger charge is -2.27. The number of methoxy groups -OCH3 is 1. The summed E-state index contributed by atoms with van der Waals surface area (Å²) in [6, 6.07) is -1.76. The molecule has 0 aliphatic carbocycles. The van der Waals surface area contributed by atoms with Crippen LogP contribution in [0.2, 0.25) is 0 Å². The molecule has 0 unspecified atom stereocenters. The van der Waals surface area contributed by atoms with Crippen LogP contribution in [0.25, 0.3) is 0 Å². The van der Waals surface area contributed by atoms with Gasteiger partial charge in [-0.15, -0.1) is 0 Å². The number of rotatable bonds is 6. The number of carbonyl (C=O) groups excluding carboxylic acids is 2. The van der Waals surface area contributed by atoms with Crippen molar-refractivity contribution in [3.05, 3.63) is 0 Å². The molecule has 0 spiro atoms. The van der Waals surface area contributed by atoms with Gasteiger partial charge in [-0.25, -0.2) is 14.6 Å². The molecule has 20 heavy (non-hydrogen) atoms. The normalized spacial score (nSPS) is 17.1. The number of hydrogen-bond donors (Lipinski definition) is 3. The number of hydrazine groups is 1. The second kappa shape index (κ2) is 8.33. The maximum atomic E-state index is 11.7. The molecule has 3 N–H and O–H groups in total. The largest absolute Gasteiger partial charge is 0.480 e. The highest BCUT2D eigenvalue weighted by Crippen LogP contribution is 2.00. The molecular weight excluding hydrogens is 270 g/mol. The molecule has 1 heterocycles. The molecule has 1 aliphatic rings. The summed E-state index contributed by atoms with van der Waals surface area (Å²) in [5, 5.41) is 12.9. The molecule has 0 aromatic rings. The van der Waals surface area contributed by atoms with E-state index in [1.165, 1.54) is 7.11 Å². The first-order valence-electron chi connectivity index (χ1n) is 6.22. The van der Waals surface area contributed by atoms with Crippen molar-refractivity contribution in [1.29, 1.82) is 0 Å². The van der Waals surface area contributed by atoms with E-state index in [0.717, 1.165) is 0 Å². The number of nitrogens with one attached hydrogen (secondary N) is 2. The number of morpholine rings is 1. The van der Waals surface area contributed by atoms with Crippen LogP contribution in [0.3, 0.4) is 0 Å². The maximum Gasteiger partial charge on any atom is 0.330 e. The molecule has 114 valence electrons. The molecule has 0 saturated carbocycles. The fourth-order valence-electron chi connectivity index (χ4n) is 1.63. The van der Waals surface area contributed by atoms with E-state index in [2.05, 4.69) is 15.5 Å². The number of esters is 1. The SMILES string of the molecule is COC(=O)CC[C@@H](NC(=O)NN1CCOCC1)C(=O)O. The molecular formula is C11H19N3O6. The summed E-state index contributed by atoms with van der Waals surface area (Å²) in [5.41, 5.74) is 2.53. The van der Waals surface area contributed by atoms with Crippen LogP contribution >= 0.6 is 0 Å². The average molecular weight is 289 g/mol. The van der Waals surface area contributed by atoms with Gasteiger partial charge < -0.3 is 19.9 Å². The van der Waals surface area contributed by atoms with Gasteiger partial charge in [-0.3, -0.25) is 10.2 Å². The van der Waals surface area contributed by atoms with Crippen LogP contribution in [-0.2, 0) is 19.1 Å². The number of aliphatic carboxylic acids is 1. The van der Waals surface area contributed by atoms with Crippen molar-refractivity contribution >= 4 is 18.0 Å². The van der Waals surface area contributed by atoms with E-state index >= 15 is 0 Å². The molecule has 1 aliphatic heterocycles. The van der Waals surface area contributed by atoms with Crippen LogP contribution < -0.4 is 10.7 Å². The molecule has 9 heteroatoms. The van der Waals surface area contributed by atoms with Gasteiger partial charge in [-0.2, -0.15) is 0 Å². The van der Waals surface area contributed by atoms with Crippen molar-refractivity contribution in [2.45, 2.75) is 18.9 Å². The molecule has 9 nitrogen and oxygen atoms in total. The second-order valence-corrected chi connectivity index (χ2v) is 4.19. The van der Waals surface area contributed by atoms with Crippen LogP contribution in [0.5, 0.6) is 0 Å². The summed E-state index contributed by atoms with van der Waals surface area (Å²) in [6.45, 7) is 2.08. The minimum atomic E-state index is -1.20. The van der Waals surface area contributed by atoms with Gasteiger partial charge in [0.1, 0.15) is 6.04 Å². The van der Waals surface area contributed by atoms with Gasteiger partial charge in [0.2, 0.25) is 0 Å². The van der Waals surface area contributed by atoms with Crippen molar-refractivity contribution in [2.24, 2.45) is 0 Å². The summed E-state index contributed by atoms with van der Waals surface area (Å²) in [6.07, 6.45) is -0.107. The lowest BCUT2D eigenvalue weighted by Crippen LogP contribution is -2.54. The number of carboxylic acid groups (broad SMARTS) is 1. The van der Waals surface area contributed by atoms with Crippen LogP contribution in [0.1, 0.15) is 12.8 Å². The summed E-state index contributed by atoms with van der Waals surface area (Å²) < 4.78 is 9.54. The zero-order valence-corrected chi connectivity index (χ0v) is 11.3. The van der Waals surface area contributed by atoms with Gasteiger partial charge in [-0.05, 0) is 6.42 Å². The third-order valence-electron chi connectivity index (χ3n) is 2.74. The zero-order chi connectivity index (χ0) is 15.0. The number of urea groups is 1. The predicted molar refractivity (Wildman–Crippen MR) is 66.7 cm³/mol. The summed E-state index contributed by atoms with van der Waals surface area (Å²) in [5.74, 6) is -1.72. The quantitative estimate of drug-likeness (QED) is 0.533. The first-order chi connectivity index (χ1) is 9.52. The molecule has 2 amide bonds. The number of carboxylic acids is 1. The Labute approximate surface area is 116 Å². The van der Waals surface area contributed by atoms with Crippen molar-refractivity contribution in [3.63, 3.8) is 0 Å². The van der Waals surface area contributed by atoms with Crippen LogP contribution in [0.15, 0.2) is 0 Å². The lowest BCUT2D eigenvalue weighted by molar-refractivity contribution is -0.142. The number of carbonyl (C=O) groups is 3. The highest BCUT2D eigenvalue weighted by Gasteiger charge is 2.22. The van der Waals surface area contributed by atoms with Gasteiger partial charge >= 0.3 is 18.0 Å². The number of ether oxygens (including phenoxy) is 2. The third kappa shape index (κ3) is 5.85. The van der Waals surface area contributed by atoms with Crippen molar-refractivity contribution in [2.75, 3.05) is 33.4 Å². The molecule has 0 radical (unpaired) electrons. The Hall–Kier alpha value is -1.87. The summed E-state index contributed by atoms with van der Waals surface area (Å²) in [4.78, 5) is 33.6. The Morgan fingerprint density at radius 3 is 2.55 bits per heavy atom. The smallest absolute Gasteiger partial charge is 0.330 e. The van der Waals surface area contributed by atoms with Gasteiger partial charge in [0.25, 0.3) is 0 Å². The number of hydrogen-bond acceptors (Lipinski definition) is 6. The molecule has 0 bridgehead atoms. The van der Waals surface area contributed by atoms with Gasteiger partial charge in [0.05, 0.1) is 20.3 Å². The van der Waals surface area contributed by atoms with Gasteiger partial charge in [0.15, 0.2) is 0 Å². The Kier molecular flexibility index (Phi) is 6.74. The predicted octanol–water partition coefficient (Wildman–Crippen LogP) is -1.06. The Morgan fingerprint density at radius 1 is 1.35 bits per heavy atom. The monoisotopic (exact) mass is 289 g/mol. The zero-order valence-electron chi connectivity index (χ0n) is 11.3. The number of nitrogens with zero attached hydrogens (tertiary/aromatic N) is 1. The van der Waals surface area contributed by atoms with Crippen LogP contribution in [0.4, 0.5) is 4.79 Å². The standard InChI is InChI=1S/C11H19N3O6/c1-19-9(15)3-2-8(10(16)17)12-11(18)13-14-4-6-20-7-5-14/h8H,2-7H2,1H3,(H,16,17)(H2,12,13,18)/t8-/m1/s1. The fourth-order valence-corrected chi connectivity index (χ4v) is 1.63. The average Bonchev–Trinajstić information content (AvgIpc) is 2.43. The molecule has 1 saturated heterocycles. The molecule has 1 fully saturated rings. The molecule has 1 rings (SSSR count). The maximum absolute atomic E-state index is 11.7. The fraction of sp³-hybridized carbons (Fsp3) is 0.727. The summed E-state index contributed by atoms with van der Waals surface area (Å²) >= 11 is 0. The Bertz CT molecular complexity index is 356. The topological polar surface area (TPSA) is 117 Å².